The topological polar surface area (TPSA) is 143 Å². The SMILES string of the molecule is CC1(C)C2CCC1(CS(=O)(=O)O)C(=O)C2=Cc1ccc(C=C2C(=O)C3(CS(=O)(=O)O)CCC2C3(C)C)cc1.[Na]. The Hall–Kier alpha value is -1.14. The van der Waals surface area contributed by atoms with E-state index in [1.165, 1.54) is 0 Å². The molecule has 1 radical (unpaired) electrons. The van der Waals surface area contributed by atoms with Crippen LogP contribution in [0.3, 0.4) is 0 Å². The first-order valence-corrected chi connectivity index (χ1v) is 16.1. The molecule has 4 aliphatic rings. The summed E-state index contributed by atoms with van der Waals surface area (Å²) < 4.78 is 66.1. The Morgan fingerprint density at radius 1 is 0.718 bits per heavy atom. The first-order chi connectivity index (χ1) is 17.3. The van der Waals surface area contributed by atoms with Gasteiger partial charge in [0, 0.05) is 40.7 Å². The second-order valence-electron chi connectivity index (χ2n) is 12.8. The number of carbonyl (C=O) groups is 2. The molecule has 0 saturated heterocycles. The molecule has 1 aromatic rings. The summed E-state index contributed by atoms with van der Waals surface area (Å²) in [5.74, 6) is -1.80. The normalized spacial score (nSPS) is 34.7. The summed E-state index contributed by atoms with van der Waals surface area (Å²) in [7, 11) is -8.66. The molecule has 11 heteroatoms. The molecule has 4 fully saturated rings. The van der Waals surface area contributed by atoms with E-state index in [-0.39, 0.29) is 53.0 Å². The fraction of sp³-hybridized carbons (Fsp3) is 0.571. The van der Waals surface area contributed by atoms with Gasteiger partial charge in [0.2, 0.25) is 0 Å². The van der Waals surface area contributed by atoms with Crippen molar-refractivity contribution >= 4 is 73.5 Å². The van der Waals surface area contributed by atoms with E-state index in [0.717, 1.165) is 11.1 Å². The number of hydrogen-bond donors (Lipinski definition) is 2. The van der Waals surface area contributed by atoms with E-state index in [9.17, 15) is 35.5 Å². The van der Waals surface area contributed by atoms with Gasteiger partial charge in [-0.25, -0.2) is 0 Å². The van der Waals surface area contributed by atoms with Gasteiger partial charge >= 0.3 is 0 Å². The van der Waals surface area contributed by atoms with Gasteiger partial charge in [-0.1, -0.05) is 52.0 Å². The molecule has 0 amide bonds. The van der Waals surface area contributed by atoms with Crippen LogP contribution in [0.15, 0.2) is 35.4 Å². The summed E-state index contributed by atoms with van der Waals surface area (Å²) in [5, 5.41) is 0. The van der Waals surface area contributed by atoms with Crippen molar-refractivity contribution in [2.45, 2.75) is 53.4 Å². The Kier molecular flexibility index (Phi) is 7.46. The van der Waals surface area contributed by atoms with Crippen molar-refractivity contribution in [1.29, 1.82) is 0 Å². The predicted molar refractivity (Wildman–Crippen MR) is 149 cm³/mol. The van der Waals surface area contributed by atoms with Gasteiger partial charge in [0.1, 0.15) is 0 Å². The summed E-state index contributed by atoms with van der Waals surface area (Å²) in [6.45, 7) is 7.58. The Bertz CT molecular complexity index is 1400. The molecule has 4 bridgehead atoms. The maximum atomic E-state index is 13.4. The molecule has 0 aromatic heterocycles. The number of rotatable bonds is 6. The molecular formula is C28H34NaO8S2. The van der Waals surface area contributed by atoms with Crippen LogP contribution in [-0.2, 0) is 29.8 Å². The molecule has 0 heterocycles. The van der Waals surface area contributed by atoms with Crippen LogP contribution in [-0.4, -0.2) is 78.6 Å². The molecule has 4 atom stereocenters. The minimum absolute atomic E-state index is 0. The van der Waals surface area contributed by atoms with Crippen molar-refractivity contribution in [3.05, 3.63) is 46.5 Å². The summed E-state index contributed by atoms with van der Waals surface area (Å²) >= 11 is 0. The summed E-state index contributed by atoms with van der Waals surface area (Å²) in [6, 6.07) is 7.33. The minimum Gasteiger partial charge on any atom is -0.294 e. The third-order valence-corrected chi connectivity index (χ3v) is 12.2. The number of carbonyl (C=O) groups excluding carboxylic acids is 2. The van der Waals surface area contributed by atoms with Crippen molar-refractivity contribution in [3.63, 3.8) is 0 Å². The number of hydrogen-bond acceptors (Lipinski definition) is 6. The van der Waals surface area contributed by atoms with Gasteiger partial charge in [0.05, 0.1) is 22.3 Å². The van der Waals surface area contributed by atoms with Crippen LogP contribution in [0.25, 0.3) is 12.2 Å². The maximum absolute atomic E-state index is 13.4. The number of allylic oxidation sites excluding steroid dienone is 2. The van der Waals surface area contributed by atoms with Crippen LogP contribution in [0, 0.1) is 33.5 Å². The van der Waals surface area contributed by atoms with Crippen LogP contribution >= 0.6 is 0 Å². The van der Waals surface area contributed by atoms with Gasteiger partial charge in [-0.05, 0) is 71.6 Å². The molecule has 8 nitrogen and oxygen atoms in total. The first kappa shape index (κ1) is 30.8. The van der Waals surface area contributed by atoms with Gasteiger partial charge in [-0.15, -0.1) is 0 Å². The van der Waals surface area contributed by atoms with Gasteiger partial charge in [-0.2, -0.15) is 16.8 Å². The fourth-order valence-corrected chi connectivity index (χ4v) is 10.8. The number of fused-ring (bicyclic) bond motifs is 4. The van der Waals surface area contributed by atoms with E-state index >= 15 is 0 Å². The fourth-order valence-electron chi connectivity index (χ4n) is 8.23. The monoisotopic (exact) mass is 585 g/mol. The molecule has 2 N–H and O–H groups in total. The van der Waals surface area contributed by atoms with E-state index in [2.05, 4.69) is 0 Å². The molecule has 4 unspecified atom stereocenters. The third-order valence-electron chi connectivity index (χ3n) is 10.5. The van der Waals surface area contributed by atoms with Gasteiger partial charge < -0.3 is 0 Å². The molecular weight excluding hydrogens is 551 g/mol. The molecule has 39 heavy (non-hydrogen) atoms. The third kappa shape index (κ3) is 4.58. The zero-order valence-electron chi connectivity index (χ0n) is 23.0. The van der Waals surface area contributed by atoms with Gasteiger partial charge in [0.15, 0.2) is 11.6 Å². The Morgan fingerprint density at radius 3 is 1.31 bits per heavy atom. The van der Waals surface area contributed by atoms with Gasteiger partial charge in [-0.3, -0.25) is 18.7 Å². The zero-order chi connectivity index (χ0) is 28.1. The van der Waals surface area contributed by atoms with E-state index in [1.54, 1.807) is 12.2 Å². The molecule has 4 saturated carbocycles. The Balaban J connectivity index is 0.00000353. The Morgan fingerprint density at radius 2 is 1.03 bits per heavy atom. The van der Waals surface area contributed by atoms with Crippen LogP contribution in [0.5, 0.6) is 0 Å². The second-order valence-corrected chi connectivity index (χ2v) is 15.7. The van der Waals surface area contributed by atoms with Crippen molar-refractivity contribution in [2.24, 2.45) is 33.5 Å². The Labute approximate surface area is 252 Å². The van der Waals surface area contributed by atoms with Crippen molar-refractivity contribution in [3.8, 4) is 0 Å². The largest absolute Gasteiger partial charge is 0.294 e. The average molecular weight is 586 g/mol. The first-order valence-electron chi connectivity index (χ1n) is 12.9. The summed E-state index contributed by atoms with van der Waals surface area (Å²) in [6.07, 6.45) is 5.80. The minimum atomic E-state index is -4.33. The van der Waals surface area contributed by atoms with Crippen molar-refractivity contribution in [2.75, 3.05) is 11.5 Å². The quantitative estimate of drug-likeness (QED) is 0.291. The van der Waals surface area contributed by atoms with Crippen LogP contribution in [0.2, 0.25) is 0 Å². The second kappa shape index (κ2) is 9.44. The van der Waals surface area contributed by atoms with Crippen LogP contribution in [0.4, 0.5) is 0 Å². The van der Waals surface area contributed by atoms with Gasteiger partial charge in [0.25, 0.3) is 20.2 Å². The summed E-state index contributed by atoms with van der Waals surface area (Å²) in [4.78, 5) is 26.9. The van der Waals surface area contributed by atoms with E-state index in [0.29, 0.717) is 36.8 Å². The van der Waals surface area contributed by atoms with E-state index < -0.39 is 53.4 Å². The van der Waals surface area contributed by atoms with E-state index in [1.807, 2.05) is 52.0 Å². The maximum Gasteiger partial charge on any atom is 0.265 e. The van der Waals surface area contributed by atoms with Crippen molar-refractivity contribution < 1.29 is 35.5 Å². The summed E-state index contributed by atoms with van der Waals surface area (Å²) in [5.41, 5.74) is -0.762. The number of benzene rings is 1. The average Bonchev–Trinajstić information content (AvgIpc) is 3.27. The number of Topliss-reactive ketones (excluding diaryl/α,β-unsaturated/α-hetero) is 2. The zero-order valence-corrected chi connectivity index (χ0v) is 26.7. The molecule has 0 spiro atoms. The molecule has 207 valence electrons. The predicted octanol–water partition coefficient (Wildman–Crippen LogP) is 3.86. The smallest absolute Gasteiger partial charge is 0.265 e. The molecule has 5 rings (SSSR count). The molecule has 0 aliphatic heterocycles. The molecule has 1 aromatic carbocycles. The molecule has 4 aliphatic carbocycles. The van der Waals surface area contributed by atoms with Crippen molar-refractivity contribution in [1.82, 2.24) is 0 Å². The van der Waals surface area contributed by atoms with E-state index in [4.69, 9.17) is 0 Å². The van der Waals surface area contributed by atoms with Crippen LogP contribution in [0.1, 0.15) is 64.5 Å². The standard InChI is InChI=1S/C28H34O8S2.Na/c1-25(2)21-9-11-27(25,15-37(31,32)33)23(29)19(21)13-17-5-7-18(8-6-17)14-20-22-10-12-28(24(20)30,26(22,3)4)16-38(34,35)36;/h5-8,13-14,21-22H,9-12,15-16H2,1-4H3,(H,31,32,33)(H,34,35,36);. The van der Waals surface area contributed by atoms with Crippen LogP contribution < -0.4 is 0 Å². The number of ketones is 2.